The van der Waals surface area contributed by atoms with Crippen LogP contribution in [0.5, 0.6) is 0 Å². The van der Waals surface area contributed by atoms with E-state index < -0.39 is 0 Å². The number of anilines is 1. The molecule has 22 heavy (non-hydrogen) atoms. The zero-order valence-corrected chi connectivity index (χ0v) is 13.0. The summed E-state index contributed by atoms with van der Waals surface area (Å²) in [4.78, 5) is 16.7. The summed E-state index contributed by atoms with van der Waals surface area (Å²) in [6.45, 7) is 3.28. The van der Waals surface area contributed by atoms with E-state index in [0.29, 0.717) is 6.54 Å². The number of nitrogens with zero attached hydrogens (tertiary/aromatic N) is 3. The lowest BCUT2D eigenvalue weighted by Crippen LogP contribution is -2.51. The fourth-order valence-corrected chi connectivity index (χ4v) is 2.98. The Hall–Kier alpha value is -2.14. The molecular weight excluding hydrogens is 278 g/mol. The molecule has 0 saturated carbocycles. The van der Waals surface area contributed by atoms with Crippen molar-refractivity contribution >= 4 is 11.6 Å². The number of hydrogen-bond acceptors (Lipinski definition) is 4. The number of aromatic nitrogens is 1. The lowest BCUT2D eigenvalue weighted by molar-refractivity contribution is -0.125. The smallest absolute Gasteiger partial charge is 0.244 e. The van der Waals surface area contributed by atoms with Crippen LogP contribution in [-0.4, -0.2) is 35.6 Å². The fourth-order valence-electron chi connectivity index (χ4n) is 2.98. The van der Waals surface area contributed by atoms with Gasteiger partial charge in [-0.25, -0.2) is 0 Å². The topological polar surface area (TPSA) is 49.6 Å². The molecule has 0 aliphatic carbocycles. The third-order valence-electron chi connectivity index (χ3n) is 4.09. The Kier molecular flexibility index (Phi) is 4.24. The molecule has 2 aromatic rings. The van der Waals surface area contributed by atoms with Crippen molar-refractivity contribution in [2.45, 2.75) is 32.4 Å². The number of piperidine rings is 1. The summed E-state index contributed by atoms with van der Waals surface area (Å²) in [6, 6.07) is 11.7. The molecule has 5 heteroatoms. The molecule has 0 N–H and O–H groups in total. The number of carbonyl (C=O) groups excluding carboxylic acids is 1. The van der Waals surface area contributed by atoms with E-state index >= 15 is 0 Å². The Morgan fingerprint density at radius 2 is 2.14 bits per heavy atom. The van der Waals surface area contributed by atoms with Gasteiger partial charge in [-0.1, -0.05) is 23.4 Å². The summed E-state index contributed by atoms with van der Waals surface area (Å²) < 4.78 is 5.26. The van der Waals surface area contributed by atoms with Crippen molar-refractivity contribution < 1.29 is 9.32 Å². The molecule has 1 fully saturated rings. The standard InChI is InChI=1S/C17H21N3O2/c1-13-11-15(22-18-13)12-19(2)16-9-6-10-20(17(16)21)14-7-4-3-5-8-14/h3-5,7-8,11,16H,6,9-10,12H2,1-2H3/t16-/m0/s1. The lowest BCUT2D eigenvalue weighted by atomic mass is 10.0. The second-order valence-corrected chi connectivity index (χ2v) is 5.83. The van der Waals surface area contributed by atoms with E-state index in [1.54, 1.807) is 0 Å². The lowest BCUT2D eigenvalue weighted by Gasteiger charge is -2.36. The van der Waals surface area contributed by atoms with Crippen LogP contribution in [0.15, 0.2) is 40.9 Å². The van der Waals surface area contributed by atoms with Crippen molar-refractivity contribution in [3.63, 3.8) is 0 Å². The van der Waals surface area contributed by atoms with E-state index in [9.17, 15) is 4.79 Å². The van der Waals surface area contributed by atoms with Crippen LogP contribution < -0.4 is 4.90 Å². The van der Waals surface area contributed by atoms with Gasteiger partial charge in [0.1, 0.15) is 0 Å². The summed E-state index contributed by atoms with van der Waals surface area (Å²) in [5.41, 5.74) is 1.84. The van der Waals surface area contributed by atoms with E-state index in [-0.39, 0.29) is 11.9 Å². The van der Waals surface area contributed by atoms with Crippen LogP contribution in [0.25, 0.3) is 0 Å². The number of aryl methyl sites for hydroxylation is 1. The third-order valence-corrected chi connectivity index (χ3v) is 4.09. The maximum Gasteiger partial charge on any atom is 0.244 e. The monoisotopic (exact) mass is 299 g/mol. The van der Waals surface area contributed by atoms with Crippen LogP contribution in [0.2, 0.25) is 0 Å². The summed E-state index contributed by atoms with van der Waals surface area (Å²) in [5.74, 6) is 0.959. The Morgan fingerprint density at radius 3 is 2.82 bits per heavy atom. The van der Waals surface area contributed by atoms with E-state index in [4.69, 9.17) is 4.52 Å². The van der Waals surface area contributed by atoms with Crippen molar-refractivity contribution in [3.05, 3.63) is 47.9 Å². The Morgan fingerprint density at radius 1 is 1.36 bits per heavy atom. The molecule has 1 saturated heterocycles. The van der Waals surface area contributed by atoms with E-state index in [2.05, 4.69) is 10.1 Å². The number of benzene rings is 1. The van der Waals surface area contributed by atoms with Crippen LogP contribution in [0.4, 0.5) is 5.69 Å². The van der Waals surface area contributed by atoms with Gasteiger partial charge in [0.25, 0.3) is 0 Å². The van der Waals surface area contributed by atoms with Crippen molar-refractivity contribution in [2.75, 3.05) is 18.5 Å². The average Bonchev–Trinajstić information content (AvgIpc) is 2.93. The fraction of sp³-hybridized carbons (Fsp3) is 0.412. The van der Waals surface area contributed by atoms with Crippen LogP contribution in [0.1, 0.15) is 24.3 Å². The van der Waals surface area contributed by atoms with Gasteiger partial charge in [0.15, 0.2) is 5.76 Å². The van der Waals surface area contributed by atoms with Crippen LogP contribution >= 0.6 is 0 Å². The number of likely N-dealkylation sites (N-methyl/N-ethyl adjacent to an activating group) is 1. The van der Waals surface area contributed by atoms with Gasteiger partial charge in [-0.05, 0) is 38.9 Å². The quantitative estimate of drug-likeness (QED) is 0.871. The molecule has 1 atom stereocenters. The molecular formula is C17H21N3O2. The Balaban J connectivity index is 1.72. The number of carbonyl (C=O) groups is 1. The van der Waals surface area contributed by atoms with E-state index in [0.717, 1.165) is 36.5 Å². The first kappa shape index (κ1) is 14.8. The predicted octanol–water partition coefficient (Wildman–Crippen LogP) is 2.61. The van der Waals surface area contributed by atoms with Crippen molar-refractivity contribution in [1.82, 2.24) is 10.1 Å². The zero-order chi connectivity index (χ0) is 15.5. The second kappa shape index (κ2) is 6.32. The molecule has 1 aliphatic rings. The third kappa shape index (κ3) is 3.04. The molecule has 0 bridgehead atoms. The van der Waals surface area contributed by atoms with E-state index in [1.807, 2.05) is 55.3 Å². The number of hydrogen-bond donors (Lipinski definition) is 0. The van der Waals surface area contributed by atoms with Crippen LogP contribution in [0.3, 0.4) is 0 Å². The normalized spacial score (nSPS) is 19.0. The van der Waals surface area contributed by atoms with Crippen LogP contribution in [0, 0.1) is 6.92 Å². The minimum atomic E-state index is -0.112. The SMILES string of the molecule is Cc1cc(CN(C)[C@H]2CCCN(c3ccccc3)C2=O)on1. The Bertz CT molecular complexity index is 638. The molecule has 116 valence electrons. The highest BCUT2D eigenvalue weighted by Crippen LogP contribution is 2.24. The number of para-hydroxylation sites is 1. The van der Waals surface area contributed by atoms with Crippen molar-refractivity contribution in [1.29, 1.82) is 0 Å². The van der Waals surface area contributed by atoms with Crippen molar-refractivity contribution in [3.8, 4) is 0 Å². The molecule has 1 amide bonds. The molecule has 1 aliphatic heterocycles. The largest absolute Gasteiger partial charge is 0.360 e. The summed E-state index contributed by atoms with van der Waals surface area (Å²) >= 11 is 0. The average molecular weight is 299 g/mol. The molecule has 3 rings (SSSR count). The number of amides is 1. The second-order valence-electron chi connectivity index (χ2n) is 5.83. The van der Waals surface area contributed by atoms with Gasteiger partial charge in [0.2, 0.25) is 5.91 Å². The molecule has 1 aromatic carbocycles. The first-order valence-corrected chi connectivity index (χ1v) is 7.64. The predicted molar refractivity (Wildman–Crippen MR) is 84.5 cm³/mol. The minimum absolute atomic E-state index is 0.112. The van der Waals surface area contributed by atoms with Crippen LogP contribution in [-0.2, 0) is 11.3 Å². The highest BCUT2D eigenvalue weighted by atomic mass is 16.5. The first-order chi connectivity index (χ1) is 10.6. The maximum atomic E-state index is 12.8. The van der Waals surface area contributed by atoms with Gasteiger partial charge >= 0.3 is 0 Å². The van der Waals surface area contributed by atoms with Crippen molar-refractivity contribution in [2.24, 2.45) is 0 Å². The van der Waals surface area contributed by atoms with Gasteiger partial charge in [0.05, 0.1) is 18.3 Å². The van der Waals surface area contributed by atoms with Gasteiger partial charge in [-0.3, -0.25) is 9.69 Å². The highest BCUT2D eigenvalue weighted by Gasteiger charge is 2.32. The van der Waals surface area contributed by atoms with Gasteiger partial charge < -0.3 is 9.42 Å². The minimum Gasteiger partial charge on any atom is -0.360 e. The molecule has 1 aromatic heterocycles. The summed E-state index contributed by atoms with van der Waals surface area (Å²) in [7, 11) is 1.97. The molecule has 2 heterocycles. The van der Waals surface area contributed by atoms with E-state index in [1.165, 1.54) is 0 Å². The number of rotatable bonds is 4. The zero-order valence-electron chi connectivity index (χ0n) is 13.0. The summed E-state index contributed by atoms with van der Waals surface area (Å²) in [5, 5.41) is 3.90. The molecule has 0 unspecified atom stereocenters. The van der Waals surface area contributed by atoms with Gasteiger partial charge in [-0.2, -0.15) is 0 Å². The molecule has 0 spiro atoms. The summed E-state index contributed by atoms with van der Waals surface area (Å²) in [6.07, 6.45) is 1.89. The highest BCUT2D eigenvalue weighted by molar-refractivity contribution is 5.97. The molecule has 5 nitrogen and oxygen atoms in total. The Labute approximate surface area is 130 Å². The van der Waals surface area contributed by atoms with Gasteiger partial charge in [0, 0.05) is 18.3 Å². The molecule has 0 radical (unpaired) electrons. The van der Waals surface area contributed by atoms with Gasteiger partial charge in [-0.15, -0.1) is 0 Å². The maximum absolute atomic E-state index is 12.8. The first-order valence-electron chi connectivity index (χ1n) is 7.64.